The molecule has 0 aliphatic heterocycles. The summed E-state index contributed by atoms with van der Waals surface area (Å²) in [6, 6.07) is 1.25. The van der Waals surface area contributed by atoms with E-state index < -0.39 is 0 Å². The molecule has 2 N–H and O–H groups in total. The molecule has 0 atom stereocenters. The molecule has 0 aromatic heterocycles. The summed E-state index contributed by atoms with van der Waals surface area (Å²) in [7, 11) is 0. The zero-order valence-corrected chi connectivity index (χ0v) is 1.50. The molecular weight excluding hydrogens is 63.0 g/mol. The Bertz CT molecular complexity index is 27.0. The Morgan fingerprint density at radius 1 is 1.25 bits per heavy atom. The molecule has 0 aromatic carbocycles. The summed E-state index contributed by atoms with van der Waals surface area (Å²) in [5.74, 6) is 0. The quantitative estimate of drug-likeness (QED) is 0.287. The van der Waals surface area contributed by atoms with Crippen molar-refractivity contribution in [1.82, 2.24) is 0 Å². The molecule has 0 aromatic rings. The van der Waals surface area contributed by atoms with E-state index in [9.17, 15) is 0 Å². The van der Waals surface area contributed by atoms with Crippen molar-refractivity contribution in [3.05, 3.63) is 0 Å². The Morgan fingerprint density at radius 3 is 1.25 bits per heavy atom. The van der Waals surface area contributed by atoms with Crippen LogP contribution in [0.15, 0.2) is 0 Å². The fourth-order valence-corrected chi connectivity index (χ4v) is 0. The second kappa shape index (κ2) is 10.1. The fourth-order valence-electron chi connectivity index (χ4n) is 0. The van der Waals surface area contributed by atoms with Crippen molar-refractivity contribution in [1.29, 1.82) is 10.8 Å². The molecule has 0 rings (SSSR count). The monoisotopic (exact) mass is 66.0 g/mol. The summed E-state index contributed by atoms with van der Waals surface area (Å²) in [6.45, 7) is 0. The number of nitrogens with one attached hydrogen (secondary N) is 2. The van der Waals surface area contributed by atoms with Crippen LogP contribution < -0.4 is 0 Å². The van der Waals surface area contributed by atoms with Gasteiger partial charge in [0, 0.05) is 0 Å². The van der Waals surface area contributed by atoms with Gasteiger partial charge in [0.05, 0.1) is 6.01 Å². The Kier molecular flexibility index (Phi) is 22.2. The van der Waals surface area contributed by atoms with Gasteiger partial charge in [-0.2, -0.15) is 0 Å². The molecule has 0 fully saturated rings. The first-order valence-corrected chi connectivity index (χ1v) is 0.500. The topological polar surface area (TPSA) is 47.7 Å². The second-order valence-corrected chi connectivity index (χ2v) is 0.125. The van der Waals surface area contributed by atoms with Crippen LogP contribution >= 0.6 is 0 Å². The van der Waals surface area contributed by atoms with Gasteiger partial charge in [0.25, 0.3) is 0 Å². The van der Waals surface area contributed by atoms with E-state index in [1.165, 1.54) is 6.01 Å². The van der Waals surface area contributed by atoms with Crippen LogP contribution in [0.4, 0.5) is 0 Å². The molecule has 0 unspecified atom stereocenters. The zero-order chi connectivity index (χ0) is 2.71. The molecule has 4 heavy (non-hydrogen) atoms. The predicted molar refractivity (Wildman–Crippen MR) is 17.6 cm³/mol. The molecule has 18 valence electrons. The van der Waals surface area contributed by atoms with Gasteiger partial charge in [-0.05, 0) is 0 Å². The fraction of sp³-hybridized carbons (Fsp3) is 0. The first kappa shape index (κ1) is 8.83. The SMILES string of the molecule is N=C=N.[NaH]. The van der Waals surface area contributed by atoms with Crippen LogP contribution in [0.25, 0.3) is 0 Å². The average molecular weight is 66.0 g/mol. The van der Waals surface area contributed by atoms with Crippen molar-refractivity contribution in [3.8, 4) is 0 Å². The molecule has 0 spiro atoms. The standard InChI is InChI=1S/CH2N2.Na.H/c2-1-3;;/h2-3H;;. The van der Waals surface area contributed by atoms with Gasteiger partial charge in [0.1, 0.15) is 0 Å². The molecule has 0 amide bonds. The van der Waals surface area contributed by atoms with Crippen LogP contribution in [0.5, 0.6) is 0 Å². The van der Waals surface area contributed by atoms with E-state index >= 15 is 0 Å². The maximum absolute atomic E-state index is 5.62. The van der Waals surface area contributed by atoms with Crippen LogP contribution in [0, 0.1) is 10.8 Å². The van der Waals surface area contributed by atoms with E-state index in [-0.39, 0.29) is 29.6 Å². The van der Waals surface area contributed by atoms with Crippen LogP contribution in [-0.4, -0.2) is 35.6 Å². The van der Waals surface area contributed by atoms with Gasteiger partial charge >= 0.3 is 29.6 Å². The Hall–Kier alpha value is 0.380. The van der Waals surface area contributed by atoms with Gasteiger partial charge in [0.15, 0.2) is 0 Å². The van der Waals surface area contributed by atoms with Crippen LogP contribution in [0.3, 0.4) is 0 Å². The predicted octanol–water partition coefficient (Wildman–Crippen LogP) is -0.331. The average Bonchev–Trinajstić information content (AvgIpc) is 0.918. The molecule has 0 saturated carbocycles. The van der Waals surface area contributed by atoms with E-state index in [1.54, 1.807) is 0 Å². The van der Waals surface area contributed by atoms with Crippen molar-refractivity contribution >= 4 is 35.6 Å². The van der Waals surface area contributed by atoms with Crippen LogP contribution in [0.2, 0.25) is 0 Å². The van der Waals surface area contributed by atoms with E-state index in [2.05, 4.69) is 0 Å². The van der Waals surface area contributed by atoms with Crippen LogP contribution in [0.1, 0.15) is 0 Å². The molecule has 0 radical (unpaired) electrons. The van der Waals surface area contributed by atoms with Crippen LogP contribution in [-0.2, 0) is 0 Å². The first-order valence-electron chi connectivity index (χ1n) is 0.500. The van der Waals surface area contributed by atoms with Gasteiger partial charge in [-0.25, -0.2) is 10.8 Å². The third-order valence-electron chi connectivity index (χ3n) is 0. The third kappa shape index (κ3) is 31.4. The van der Waals surface area contributed by atoms with Gasteiger partial charge in [0.2, 0.25) is 0 Å². The zero-order valence-electron chi connectivity index (χ0n) is 1.50. The molecule has 2 nitrogen and oxygen atoms in total. The van der Waals surface area contributed by atoms with Gasteiger partial charge in [-0.15, -0.1) is 0 Å². The van der Waals surface area contributed by atoms with E-state index in [0.29, 0.717) is 0 Å². The summed E-state index contributed by atoms with van der Waals surface area (Å²) in [6.07, 6.45) is 0. The normalized spacial score (nSPS) is 2.00. The second-order valence-electron chi connectivity index (χ2n) is 0.125. The van der Waals surface area contributed by atoms with Gasteiger partial charge in [-0.1, -0.05) is 0 Å². The van der Waals surface area contributed by atoms with Crippen molar-refractivity contribution in [3.63, 3.8) is 0 Å². The number of rotatable bonds is 0. The van der Waals surface area contributed by atoms with E-state index in [4.69, 9.17) is 10.8 Å². The third-order valence-corrected chi connectivity index (χ3v) is 0. The molecule has 3 heteroatoms. The minimum absolute atomic E-state index is 0. The van der Waals surface area contributed by atoms with Crippen molar-refractivity contribution < 1.29 is 0 Å². The summed E-state index contributed by atoms with van der Waals surface area (Å²) >= 11 is 0. The maximum atomic E-state index is 5.62. The Morgan fingerprint density at radius 2 is 1.25 bits per heavy atom. The van der Waals surface area contributed by atoms with Gasteiger partial charge < -0.3 is 0 Å². The molecule has 0 aliphatic rings. The number of hydrogen-bond donors (Lipinski definition) is 2. The molecule has 0 aliphatic carbocycles. The summed E-state index contributed by atoms with van der Waals surface area (Å²) in [5.41, 5.74) is 0. The molecule has 0 bridgehead atoms. The summed E-state index contributed by atoms with van der Waals surface area (Å²) in [5, 5.41) is 11.2. The molecular formula is CH3N2Na. The number of hydrogen-bond acceptors (Lipinski definition) is 2. The van der Waals surface area contributed by atoms with Crippen molar-refractivity contribution in [2.24, 2.45) is 0 Å². The summed E-state index contributed by atoms with van der Waals surface area (Å²) in [4.78, 5) is 0. The molecule has 0 saturated heterocycles. The van der Waals surface area contributed by atoms with Gasteiger partial charge in [-0.3, -0.25) is 0 Å². The van der Waals surface area contributed by atoms with Crippen molar-refractivity contribution in [2.45, 2.75) is 0 Å². The molecule has 0 heterocycles. The van der Waals surface area contributed by atoms with E-state index in [0.717, 1.165) is 0 Å². The van der Waals surface area contributed by atoms with Crippen molar-refractivity contribution in [2.75, 3.05) is 0 Å². The minimum atomic E-state index is 0. The Labute approximate surface area is 46.5 Å². The summed E-state index contributed by atoms with van der Waals surface area (Å²) < 4.78 is 0. The van der Waals surface area contributed by atoms with E-state index in [1.807, 2.05) is 0 Å². The first-order chi connectivity index (χ1) is 1.41. The Balaban J connectivity index is 0.